The Balaban J connectivity index is 2.06. The van der Waals surface area contributed by atoms with Gasteiger partial charge in [0.25, 0.3) is 5.69 Å². The van der Waals surface area contributed by atoms with Gasteiger partial charge >= 0.3 is 5.97 Å². The topological polar surface area (TPSA) is 94.8 Å². The maximum Gasteiger partial charge on any atom is 0.308 e. The number of nitro groups is 1. The number of morpholine rings is 1. The Hall–Kier alpha value is -2.22. The number of methoxy groups -OCH3 is 1. The summed E-state index contributed by atoms with van der Waals surface area (Å²) >= 11 is 0. The van der Waals surface area contributed by atoms with Crippen LogP contribution in [0.2, 0.25) is 0 Å². The van der Waals surface area contributed by atoms with Crippen LogP contribution in [0.4, 0.5) is 11.5 Å². The quantitative estimate of drug-likeness (QED) is 0.456. The first kappa shape index (κ1) is 14.2. The fraction of sp³-hybridized carbons (Fsp3) is 0.500. The molecular formula is C12H15N3O5. The van der Waals surface area contributed by atoms with Crippen molar-refractivity contribution in [2.45, 2.75) is 12.5 Å². The highest BCUT2D eigenvalue weighted by molar-refractivity contribution is 5.70. The molecule has 8 nitrogen and oxygen atoms in total. The Morgan fingerprint density at radius 2 is 2.50 bits per heavy atom. The zero-order valence-electron chi connectivity index (χ0n) is 11.0. The van der Waals surface area contributed by atoms with Crippen LogP contribution in [0.3, 0.4) is 0 Å². The number of esters is 1. The minimum Gasteiger partial charge on any atom is -0.469 e. The molecule has 1 aromatic rings. The van der Waals surface area contributed by atoms with Crippen LogP contribution in [0.5, 0.6) is 0 Å². The minimum atomic E-state index is -0.461. The molecule has 2 rings (SSSR count). The van der Waals surface area contributed by atoms with Gasteiger partial charge in [0.1, 0.15) is 5.82 Å². The lowest BCUT2D eigenvalue weighted by molar-refractivity contribution is -0.384. The van der Waals surface area contributed by atoms with Gasteiger partial charge in [-0.15, -0.1) is 0 Å². The summed E-state index contributed by atoms with van der Waals surface area (Å²) in [6.07, 6.45) is 1.26. The molecule has 1 aliphatic heterocycles. The number of ether oxygens (including phenoxy) is 2. The molecule has 108 valence electrons. The van der Waals surface area contributed by atoms with Crippen molar-refractivity contribution in [2.24, 2.45) is 0 Å². The predicted molar refractivity (Wildman–Crippen MR) is 69.5 cm³/mol. The van der Waals surface area contributed by atoms with E-state index in [2.05, 4.69) is 9.72 Å². The summed E-state index contributed by atoms with van der Waals surface area (Å²) in [6, 6.07) is 2.76. The van der Waals surface area contributed by atoms with Gasteiger partial charge in [-0.1, -0.05) is 0 Å². The van der Waals surface area contributed by atoms with Gasteiger partial charge in [-0.25, -0.2) is 4.98 Å². The van der Waals surface area contributed by atoms with Gasteiger partial charge < -0.3 is 14.4 Å². The lowest BCUT2D eigenvalue weighted by Gasteiger charge is -2.33. The fourth-order valence-electron chi connectivity index (χ4n) is 2.01. The van der Waals surface area contributed by atoms with E-state index in [1.54, 1.807) is 0 Å². The summed E-state index contributed by atoms with van der Waals surface area (Å²) in [7, 11) is 1.32. The number of rotatable bonds is 4. The van der Waals surface area contributed by atoms with E-state index >= 15 is 0 Å². The van der Waals surface area contributed by atoms with E-state index in [1.165, 1.54) is 25.4 Å². The molecular weight excluding hydrogens is 266 g/mol. The summed E-state index contributed by atoms with van der Waals surface area (Å²) in [5.74, 6) is 0.168. The Kier molecular flexibility index (Phi) is 4.46. The van der Waals surface area contributed by atoms with Gasteiger partial charge in [-0.05, 0) is 0 Å². The zero-order valence-corrected chi connectivity index (χ0v) is 11.0. The van der Waals surface area contributed by atoms with Gasteiger partial charge in [0.05, 0.1) is 37.2 Å². The van der Waals surface area contributed by atoms with Crippen molar-refractivity contribution in [1.29, 1.82) is 0 Å². The third kappa shape index (κ3) is 3.41. The summed E-state index contributed by atoms with van der Waals surface area (Å²) < 4.78 is 10.1. The van der Waals surface area contributed by atoms with Crippen LogP contribution in [0.1, 0.15) is 6.42 Å². The van der Waals surface area contributed by atoms with Crippen molar-refractivity contribution in [3.63, 3.8) is 0 Å². The van der Waals surface area contributed by atoms with E-state index in [9.17, 15) is 14.9 Å². The zero-order chi connectivity index (χ0) is 14.5. The molecule has 0 spiro atoms. The van der Waals surface area contributed by atoms with Gasteiger partial charge in [0.2, 0.25) is 0 Å². The monoisotopic (exact) mass is 281 g/mol. The lowest BCUT2D eigenvalue weighted by atomic mass is 10.2. The van der Waals surface area contributed by atoms with Crippen molar-refractivity contribution in [1.82, 2.24) is 4.98 Å². The average Bonchev–Trinajstić information content (AvgIpc) is 2.47. The van der Waals surface area contributed by atoms with Gasteiger partial charge in [0, 0.05) is 25.4 Å². The standard InChI is InChI=1S/C12H15N3O5/c1-19-12(16)7-10-8-14(4-5-20-10)11-6-9(15(17)18)2-3-13-11/h2-3,6,10H,4-5,7-8H2,1H3. The van der Waals surface area contributed by atoms with Crippen LogP contribution in [0.25, 0.3) is 0 Å². The molecule has 1 fully saturated rings. The first-order chi connectivity index (χ1) is 9.60. The normalized spacial score (nSPS) is 18.6. The SMILES string of the molecule is COC(=O)CC1CN(c2cc([N+](=O)[O-])ccn2)CCO1. The lowest BCUT2D eigenvalue weighted by Crippen LogP contribution is -2.43. The van der Waals surface area contributed by atoms with Crippen molar-refractivity contribution >= 4 is 17.5 Å². The number of nitrogens with zero attached hydrogens (tertiary/aromatic N) is 3. The first-order valence-electron chi connectivity index (χ1n) is 6.14. The summed E-state index contributed by atoms with van der Waals surface area (Å²) in [6.45, 7) is 1.46. The number of carbonyl (C=O) groups is 1. The molecule has 1 aliphatic rings. The molecule has 1 atom stereocenters. The maximum atomic E-state index is 11.2. The molecule has 0 bridgehead atoms. The number of anilines is 1. The van der Waals surface area contributed by atoms with E-state index in [1.807, 2.05) is 4.90 Å². The molecule has 8 heteroatoms. The summed E-state index contributed by atoms with van der Waals surface area (Å²) in [5, 5.41) is 10.8. The Labute approximate surface area is 115 Å². The molecule has 0 aliphatic carbocycles. The Morgan fingerprint density at radius 3 is 3.20 bits per heavy atom. The highest BCUT2D eigenvalue weighted by atomic mass is 16.6. The molecule has 0 N–H and O–H groups in total. The molecule has 1 saturated heterocycles. The highest BCUT2D eigenvalue weighted by Gasteiger charge is 2.24. The third-order valence-corrected chi connectivity index (χ3v) is 3.02. The molecule has 1 aromatic heterocycles. The number of pyridine rings is 1. The molecule has 2 heterocycles. The van der Waals surface area contributed by atoms with Crippen LogP contribution in [0, 0.1) is 10.1 Å². The summed E-state index contributed by atoms with van der Waals surface area (Å²) in [5.41, 5.74) is -0.00832. The predicted octanol–water partition coefficient (Wildman–Crippen LogP) is 0.758. The Bertz CT molecular complexity index is 508. The first-order valence-corrected chi connectivity index (χ1v) is 6.14. The van der Waals surface area contributed by atoms with Crippen molar-refractivity contribution in [3.8, 4) is 0 Å². The summed E-state index contributed by atoms with van der Waals surface area (Å²) in [4.78, 5) is 27.5. The van der Waals surface area contributed by atoms with E-state index in [0.29, 0.717) is 25.5 Å². The van der Waals surface area contributed by atoms with Crippen LogP contribution >= 0.6 is 0 Å². The smallest absolute Gasteiger partial charge is 0.308 e. The van der Waals surface area contributed by atoms with Gasteiger partial charge in [0.15, 0.2) is 0 Å². The molecule has 0 amide bonds. The van der Waals surface area contributed by atoms with Gasteiger partial charge in [-0.2, -0.15) is 0 Å². The Morgan fingerprint density at radius 1 is 1.70 bits per heavy atom. The third-order valence-electron chi connectivity index (χ3n) is 3.02. The second kappa shape index (κ2) is 6.29. The van der Waals surface area contributed by atoms with Gasteiger partial charge in [-0.3, -0.25) is 14.9 Å². The molecule has 0 saturated carbocycles. The second-order valence-corrected chi connectivity index (χ2v) is 4.35. The van der Waals surface area contributed by atoms with Crippen LogP contribution < -0.4 is 4.90 Å². The van der Waals surface area contributed by atoms with E-state index in [-0.39, 0.29) is 24.2 Å². The second-order valence-electron chi connectivity index (χ2n) is 4.35. The van der Waals surface area contributed by atoms with Crippen molar-refractivity contribution < 1.29 is 19.2 Å². The van der Waals surface area contributed by atoms with E-state index < -0.39 is 4.92 Å². The highest BCUT2D eigenvalue weighted by Crippen LogP contribution is 2.21. The minimum absolute atomic E-state index is 0.00832. The number of hydrogen-bond donors (Lipinski definition) is 0. The largest absolute Gasteiger partial charge is 0.469 e. The number of hydrogen-bond acceptors (Lipinski definition) is 7. The van der Waals surface area contributed by atoms with Crippen molar-refractivity contribution in [3.05, 3.63) is 28.4 Å². The van der Waals surface area contributed by atoms with Crippen LogP contribution in [0.15, 0.2) is 18.3 Å². The molecule has 1 unspecified atom stereocenters. The van der Waals surface area contributed by atoms with E-state index in [0.717, 1.165) is 0 Å². The molecule has 20 heavy (non-hydrogen) atoms. The number of aromatic nitrogens is 1. The van der Waals surface area contributed by atoms with Crippen molar-refractivity contribution in [2.75, 3.05) is 31.7 Å². The number of carbonyl (C=O) groups excluding carboxylic acids is 1. The fourth-order valence-corrected chi connectivity index (χ4v) is 2.01. The maximum absolute atomic E-state index is 11.2. The van der Waals surface area contributed by atoms with Crippen LogP contribution in [-0.2, 0) is 14.3 Å². The van der Waals surface area contributed by atoms with E-state index in [4.69, 9.17) is 4.74 Å². The molecule has 0 aromatic carbocycles. The average molecular weight is 281 g/mol. The molecule has 0 radical (unpaired) electrons. The van der Waals surface area contributed by atoms with Crippen LogP contribution in [-0.4, -0.2) is 48.8 Å².